The number of rotatable bonds is 5. The normalized spacial score (nSPS) is 15.2. The highest BCUT2D eigenvalue weighted by Gasteiger charge is 2.28. The Kier molecular flexibility index (Phi) is 7.57. The van der Waals surface area contributed by atoms with Crippen LogP contribution in [0.5, 0.6) is 5.75 Å². The molecule has 32 heavy (non-hydrogen) atoms. The summed E-state index contributed by atoms with van der Waals surface area (Å²) < 4.78 is 10.9. The van der Waals surface area contributed by atoms with E-state index in [1.807, 2.05) is 81.4 Å². The van der Waals surface area contributed by atoms with Gasteiger partial charge in [0.25, 0.3) is 5.91 Å². The lowest BCUT2D eigenvalue weighted by Crippen LogP contribution is -2.47. The van der Waals surface area contributed by atoms with Gasteiger partial charge in [-0.1, -0.05) is 48.5 Å². The molecule has 2 aromatic carbocycles. The van der Waals surface area contributed by atoms with Gasteiger partial charge in [-0.15, -0.1) is 0 Å². The van der Waals surface area contributed by atoms with Gasteiger partial charge in [-0.2, -0.15) is 0 Å². The van der Waals surface area contributed by atoms with Crippen LogP contribution < -0.4 is 10.1 Å². The second kappa shape index (κ2) is 10.4. The summed E-state index contributed by atoms with van der Waals surface area (Å²) in [5.74, 6) is 0.567. The third-order valence-corrected chi connectivity index (χ3v) is 5.25. The molecule has 0 bridgehead atoms. The summed E-state index contributed by atoms with van der Waals surface area (Å²) >= 11 is 0. The van der Waals surface area contributed by atoms with Gasteiger partial charge in [-0.05, 0) is 51.3 Å². The first-order chi connectivity index (χ1) is 15.3. The lowest BCUT2D eigenvalue weighted by Gasteiger charge is -2.33. The fourth-order valence-electron chi connectivity index (χ4n) is 3.63. The van der Waals surface area contributed by atoms with Crippen molar-refractivity contribution >= 4 is 23.6 Å². The SMILES string of the molecule is COc1ccccc1C=C(C(=O)NC1CCN(C(=O)OC(C)(C)C)CC1)c1ccccc1. The molecule has 1 aliphatic heterocycles. The number of nitrogens with zero attached hydrogens (tertiary/aromatic N) is 1. The first kappa shape index (κ1) is 23.4. The van der Waals surface area contributed by atoms with E-state index in [4.69, 9.17) is 9.47 Å². The first-order valence-corrected chi connectivity index (χ1v) is 11.0. The largest absolute Gasteiger partial charge is 0.496 e. The number of ether oxygens (including phenoxy) is 2. The molecule has 3 rings (SSSR count). The highest BCUT2D eigenvalue weighted by molar-refractivity contribution is 6.24. The maximum atomic E-state index is 13.3. The van der Waals surface area contributed by atoms with Gasteiger partial charge >= 0.3 is 6.09 Å². The van der Waals surface area contributed by atoms with Crippen molar-refractivity contribution in [2.75, 3.05) is 20.2 Å². The molecule has 1 N–H and O–H groups in total. The lowest BCUT2D eigenvalue weighted by atomic mass is 9.99. The summed E-state index contributed by atoms with van der Waals surface area (Å²) in [7, 11) is 1.62. The van der Waals surface area contributed by atoms with Gasteiger partial charge in [0.15, 0.2) is 0 Å². The average Bonchev–Trinajstić information content (AvgIpc) is 2.77. The molecule has 1 heterocycles. The summed E-state index contributed by atoms with van der Waals surface area (Å²) in [5.41, 5.74) is 1.73. The third-order valence-electron chi connectivity index (χ3n) is 5.25. The Morgan fingerprint density at radius 3 is 2.25 bits per heavy atom. The molecule has 0 atom stereocenters. The second-order valence-corrected chi connectivity index (χ2v) is 8.88. The number of carbonyl (C=O) groups is 2. The Morgan fingerprint density at radius 2 is 1.62 bits per heavy atom. The Labute approximate surface area is 190 Å². The van der Waals surface area contributed by atoms with Crippen LogP contribution in [-0.2, 0) is 9.53 Å². The summed E-state index contributed by atoms with van der Waals surface area (Å²) in [4.78, 5) is 27.3. The number of amides is 2. The highest BCUT2D eigenvalue weighted by Crippen LogP contribution is 2.25. The molecule has 6 nitrogen and oxygen atoms in total. The third kappa shape index (κ3) is 6.36. The van der Waals surface area contributed by atoms with E-state index >= 15 is 0 Å². The molecule has 1 saturated heterocycles. The minimum atomic E-state index is -0.518. The number of carbonyl (C=O) groups excluding carboxylic acids is 2. The predicted octanol–water partition coefficient (Wildman–Crippen LogP) is 4.75. The smallest absolute Gasteiger partial charge is 0.410 e. The minimum Gasteiger partial charge on any atom is -0.496 e. The van der Waals surface area contributed by atoms with Crippen LogP contribution in [0.25, 0.3) is 11.6 Å². The van der Waals surface area contributed by atoms with Crippen molar-refractivity contribution in [2.45, 2.75) is 45.3 Å². The van der Waals surface area contributed by atoms with Crippen LogP contribution in [0, 0.1) is 0 Å². The molecule has 1 fully saturated rings. The lowest BCUT2D eigenvalue weighted by molar-refractivity contribution is -0.116. The van der Waals surface area contributed by atoms with Crippen LogP contribution in [0.2, 0.25) is 0 Å². The van der Waals surface area contributed by atoms with Crippen molar-refractivity contribution in [3.63, 3.8) is 0 Å². The van der Waals surface area contributed by atoms with Gasteiger partial charge in [-0.25, -0.2) is 4.79 Å². The van der Waals surface area contributed by atoms with Crippen LogP contribution in [0.1, 0.15) is 44.7 Å². The average molecular weight is 437 g/mol. The standard InChI is InChI=1S/C26H32N2O4/c1-26(2,3)32-25(30)28-16-14-21(15-17-28)27-24(29)22(19-10-6-5-7-11-19)18-20-12-8-9-13-23(20)31-4/h5-13,18,21H,14-17H2,1-4H3,(H,27,29). The molecule has 2 aromatic rings. The van der Waals surface area contributed by atoms with Crippen molar-refractivity contribution in [3.05, 3.63) is 65.7 Å². The zero-order chi connectivity index (χ0) is 23.1. The van der Waals surface area contributed by atoms with Gasteiger partial charge in [0.1, 0.15) is 11.4 Å². The van der Waals surface area contributed by atoms with Crippen molar-refractivity contribution in [1.82, 2.24) is 10.2 Å². The number of hydrogen-bond donors (Lipinski definition) is 1. The van der Waals surface area contributed by atoms with E-state index in [0.717, 1.165) is 11.1 Å². The van der Waals surface area contributed by atoms with Gasteiger partial charge in [0, 0.05) is 30.3 Å². The molecule has 2 amide bonds. The van der Waals surface area contributed by atoms with E-state index in [0.29, 0.717) is 37.3 Å². The first-order valence-electron chi connectivity index (χ1n) is 11.0. The summed E-state index contributed by atoms with van der Waals surface area (Å²) in [6.07, 6.45) is 2.92. The maximum Gasteiger partial charge on any atom is 0.410 e. The zero-order valence-electron chi connectivity index (χ0n) is 19.3. The summed E-state index contributed by atoms with van der Waals surface area (Å²) in [6.45, 7) is 6.68. The molecule has 1 aliphatic rings. The monoisotopic (exact) mass is 436 g/mol. The quantitative estimate of drug-likeness (QED) is 0.542. The highest BCUT2D eigenvalue weighted by atomic mass is 16.6. The van der Waals surface area contributed by atoms with E-state index in [1.165, 1.54) is 0 Å². The van der Waals surface area contributed by atoms with Gasteiger partial charge in [0.2, 0.25) is 0 Å². The number of likely N-dealkylation sites (tertiary alicyclic amines) is 1. The van der Waals surface area contributed by atoms with Gasteiger partial charge in [0.05, 0.1) is 7.11 Å². The number of hydrogen-bond acceptors (Lipinski definition) is 4. The topological polar surface area (TPSA) is 67.9 Å². The minimum absolute atomic E-state index is 0.00836. The molecule has 0 aliphatic carbocycles. The molecule has 0 spiro atoms. The molecule has 6 heteroatoms. The van der Waals surface area contributed by atoms with E-state index in [9.17, 15) is 9.59 Å². The maximum absolute atomic E-state index is 13.3. The van der Waals surface area contributed by atoms with E-state index in [2.05, 4.69) is 5.32 Å². The second-order valence-electron chi connectivity index (χ2n) is 8.88. The van der Waals surface area contributed by atoms with Gasteiger partial charge < -0.3 is 19.7 Å². The predicted molar refractivity (Wildman–Crippen MR) is 126 cm³/mol. The van der Waals surface area contributed by atoms with Crippen molar-refractivity contribution < 1.29 is 19.1 Å². The molecule has 0 radical (unpaired) electrons. The fraction of sp³-hybridized carbons (Fsp3) is 0.385. The summed E-state index contributed by atoms with van der Waals surface area (Å²) in [5, 5.41) is 3.16. The molecule has 170 valence electrons. The van der Waals surface area contributed by atoms with Crippen LogP contribution in [0.3, 0.4) is 0 Å². The van der Waals surface area contributed by atoms with Crippen LogP contribution in [0.4, 0.5) is 4.79 Å². The summed E-state index contributed by atoms with van der Waals surface area (Å²) in [6, 6.07) is 17.2. The van der Waals surface area contributed by atoms with Gasteiger partial charge in [-0.3, -0.25) is 4.79 Å². The van der Waals surface area contributed by atoms with Crippen LogP contribution in [0.15, 0.2) is 54.6 Å². The molecule has 0 aromatic heterocycles. The van der Waals surface area contributed by atoms with Crippen molar-refractivity contribution in [1.29, 1.82) is 0 Å². The Hall–Kier alpha value is -3.28. The Bertz CT molecular complexity index is 955. The van der Waals surface area contributed by atoms with Crippen LogP contribution in [-0.4, -0.2) is 48.7 Å². The van der Waals surface area contributed by atoms with Crippen molar-refractivity contribution in [2.24, 2.45) is 0 Å². The van der Waals surface area contributed by atoms with Crippen molar-refractivity contribution in [3.8, 4) is 5.75 Å². The van der Waals surface area contributed by atoms with E-state index in [-0.39, 0.29) is 18.0 Å². The van der Waals surface area contributed by atoms with E-state index in [1.54, 1.807) is 12.0 Å². The Morgan fingerprint density at radius 1 is 1.00 bits per heavy atom. The Balaban J connectivity index is 1.72. The molecular weight excluding hydrogens is 404 g/mol. The zero-order valence-corrected chi connectivity index (χ0v) is 19.3. The number of methoxy groups -OCH3 is 1. The molecule has 0 saturated carbocycles. The number of nitrogens with one attached hydrogen (secondary N) is 1. The van der Waals surface area contributed by atoms with Crippen LogP contribution >= 0.6 is 0 Å². The number of piperidine rings is 1. The molecule has 0 unspecified atom stereocenters. The molecular formula is C26H32N2O4. The number of para-hydroxylation sites is 1. The fourth-order valence-corrected chi connectivity index (χ4v) is 3.63. The van der Waals surface area contributed by atoms with E-state index < -0.39 is 5.60 Å². The number of benzene rings is 2.